The summed E-state index contributed by atoms with van der Waals surface area (Å²) in [5.41, 5.74) is 2.79. The molecule has 0 bridgehead atoms. The van der Waals surface area contributed by atoms with Gasteiger partial charge < -0.3 is 10.1 Å². The first kappa shape index (κ1) is 21.0. The van der Waals surface area contributed by atoms with Gasteiger partial charge in [0.15, 0.2) is 6.10 Å². The lowest BCUT2D eigenvalue weighted by molar-refractivity contribution is -0.153. The number of thiazole rings is 1. The van der Waals surface area contributed by atoms with E-state index in [1.165, 1.54) is 0 Å². The third-order valence-electron chi connectivity index (χ3n) is 4.92. The molecule has 6 heteroatoms. The van der Waals surface area contributed by atoms with Gasteiger partial charge in [0.2, 0.25) is 0 Å². The Kier molecular flexibility index (Phi) is 6.99. The van der Waals surface area contributed by atoms with E-state index in [9.17, 15) is 9.59 Å². The van der Waals surface area contributed by atoms with Crippen LogP contribution in [0.25, 0.3) is 10.2 Å². The number of ether oxygens (including phenoxy) is 1. The molecule has 0 unspecified atom stereocenters. The quantitative estimate of drug-likeness (QED) is 0.511. The predicted octanol–water partition coefficient (Wildman–Crippen LogP) is 5.31. The maximum atomic E-state index is 12.5. The summed E-state index contributed by atoms with van der Waals surface area (Å²) >= 11 is 1.57. The van der Waals surface area contributed by atoms with Crippen molar-refractivity contribution >= 4 is 39.1 Å². The van der Waals surface area contributed by atoms with Crippen molar-refractivity contribution in [1.82, 2.24) is 4.98 Å². The van der Waals surface area contributed by atoms with Crippen LogP contribution < -0.4 is 5.32 Å². The molecule has 1 aromatic heterocycles. The summed E-state index contributed by atoms with van der Waals surface area (Å²) in [5.74, 6) is -0.394. The summed E-state index contributed by atoms with van der Waals surface area (Å²) in [4.78, 5) is 29.2. The number of carbonyl (C=O) groups is 2. The highest BCUT2D eigenvalue weighted by Crippen LogP contribution is 2.27. The molecule has 3 aromatic rings. The van der Waals surface area contributed by atoms with Crippen LogP contribution >= 0.6 is 11.3 Å². The van der Waals surface area contributed by atoms with E-state index in [1.54, 1.807) is 18.3 Å². The number of aryl methyl sites for hydroxylation is 1. The summed E-state index contributed by atoms with van der Waals surface area (Å²) in [6, 6.07) is 15.6. The molecule has 1 N–H and O–H groups in total. The van der Waals surface area contributed by atoms with Gasteiger partial charge in [-0.3, -0.25) is 9.59 Å². The molecule has 0 aliphatic carbocycles. The monoisotopic (exact) mass is 410 g/mol. The van der Waals surface area contributed by atoms with E-state index in [-0.39, 0.29) is 12.3 Å². The smallest absolute Gasteiger partial charge is 0.306 e. The number of esters is 1. The summed E-state index contributed by atoms with van der Waals surface area (Å²) < 4.78 is 6.43. The second-order valence-electron chi connectivity index (χ2n) is 7.09. The molecule has 0 aliphatic heterocycles. The molecule has 1 heterocycles. The maximum Gasteiger partial charge on any atom is 0.306 e. The molecule has 0 saturated carbocycles. The number of nitrogens with zero attached hydrogens (tertiary/aromatic N) is 1. The number of para-hydroxylation sites is 2. The average Bonchev–Trinajstić information content (AvgIpc) is 3.15. The Hall–Kier alpha value is -2.73. The van der Waals surface area contributed by atoms with Crippen molar-refractivity contribution in [3.05, 3.63) is 59.1 Å². The van der Waals surface area contributed by atoms with Crippen molar-refractivity contribution in [3.8, 4) is 0 Å². The lowest BCUT2D eigenvalue weighted by Crippen LogP contribution is -2.30. The topological polar surface area (TPSA) is 68.3 Å². The van der Waals surface area contributed by atoms with Crippen LogP contribution in [0.3, 0.4) is 0 Å². The summed E-state index contributed by atoms with van der Waals surface area (Å²) in [6.45, 7) is 5.83. The Morgan fingerprint density at radius 3 is 2.59 bits per heavy atom. The second kappa shape index (κ2) is 9.65. The molecular weight excluding hydrogens is 384 g/mol. The highest BCUT2D eigenvalue weighted by atomic mass is 32.1. The van der Waals surface area contributed by atoms with Crippen LogP contribution in [0, 0.1) is 0 Å². The van der Waals surface area contributed by atoms with Crippen LogP contribution in [0.4, 0.5) is 5.69 Å². The highest BCUT2D eigenvalue weighted by Gasteiger charge is 2.20. The molecule has 152 valence electrons. The van der Waals surface area contributed by atoms with Gasteiger partial charge in [0.1, 0.15) is 0 Å². The van der Waals surface area contributed by atoms with E-state index in [0.717, 1.165) is 32.9 Å². The number of hydrogen-bond donors (Lipinski definition) is 1. The molecule has 29 heavy (non-hydrogen) atoms. The van der Waals surface area contributed by atoms with Crippen molar-refractivity contribution in [1.29, 1.82) is 0 Å². The molecule has 0 saturated heterocycles. The first-order chi connectivity index (χ1) is 14.0. The first-order valence-electron chi connectivity index (χ1n) is 9.91. The number of anilines is 1. The molecule has 0 fully saturated rings. The minimum absolute atomic E-state index is 0.195. The SMILES string of the molecule is CC[C@@H](C)c1ccccc1NC(=O)[C@@H](C)OC(=O)CCc1nc2ccccc2s1. The maximum absolute atomic E-state index is 12.5. The Morgan fingerprint density at radius 2 is 1.83 bits per heavy atom. The number of aromatic nitrogens is 1. The lowest BCUT2D eigenvalue weighted by Gasteiger charge is -2.18. The van der Waals surface area contributed by atoms with E-state index in [0.29, 0.717) is 12.3 Å². The fraction of sp³-hybridized carbons (Fsp3) is 0.348. The summed E-state index contributed by atoms with van der Waals surface area (Å²) in [6.07, 6.45) is 0.816. The zero-order valence-electron chi connectivity index (χ0n) is 17.0. The minimum Gasteiger partial charge on any atom is -0.453 e. The van der Waals surface area contributed by atoms with E-state index >= 15 is 0 Å². The first-order valence-corrected chi connectivity index (χ1v) is 10.7. The highest BCUT2D eigenvalue weighted by molar-refractivity contribution is 7.18. The largest absolute Gasteiger partial charge is 0.453 e. The number of hydrogen-bond acceptors (Lipinski definition) is 5. The zero-order chi connectivity index (χ0) is 20.8. The van der Waals surface area contributed by atoms with Gasteiger partial charge >= 0.3 is 5.97 Å². The summed E-state index contributed by atoms with van der Waals surface area (Å²) in [5, 5.41) is 3.79. The van der Waals surface area contributed by atoms with Crippen LogP contribution in [-0.2, 0) is 20.7 Å². The van der Waals surface area contributed by atoms with E-state index in [1.807, 2.05) is 48.5 Å². The number of benzene rings is 2. The van der Waals surface area contributed by atoms with Crippen molar-refractivity contribution in [3.63, 3.8) is 0 Å². The van der Waals surface area contributed by atoms with Crippen molar-refractivity contribution < 1.29 is 14.3 Å². The van der Waals surface area contributed by atoms with Gasteiger partial charge in [-0.1, -0.05) is 44.2 Å². The molecule has 5 nitrogen and oxygen atoms in total. The van der Waals surface area contributed by atoms with E-state index in [4.69, 9.17) is 4.74 Å². The van der Waals surface area contributed by atoms with Gasteiger partial charge in [0, 0.05) is 12.1 Å². The Morgan fingerprint density at radius 1 is 1.10 bits per heavy atom. The molecule has 2 atom stereocenters. The van der Waals surface area contributed by atoms with Crippen LogP contribution in [-0.4, -0.2) is 23.0 Å². The third kappa shape index (κ3) is 5.41. The number of nitrogens with one attached hydrogen (secondary N) is 1. The van der Waals surface area contributed by atoms with Gasteiger partial charge in [-0.25, -0.2) is 4.98 Å². The number of amides is 1. The van der Waals surface area contributed by atoms with Crippen molar-refractivity contribution in [2.45, 2.75) is 52.1 Å². The Bertz CT molecular complexity index is 965. The number of rotatable bonds is 8. The van der Waals surface area contributed by atoms with E-state index in [2.05, 4.69) is 24.1 Å². The summed E-state index contributed by atoms with van der Waals surface area (Å²) in [7, 11) is 0. The number of carbonyl (C=O) groups excluding carboxylic acids is 2. The van der Waals surface area contributed by atoms with Crippen molar-refractivity contribution in [2.24, 2.45) is 0 Å². The second-order valence-corrected chi connectivity index (χ2v) is 8.21. The zero-order valence-corrected chi connectivity index (χ0v) is 17.8. The van der Waals surface area contributed by atoms with Crippen LogP contribution in [0.1, 0.15) is 50.1 Å². The third-order valence-corrected chi connectivity index (χ3v) is 6.02. The normalized spacial score (nSPS) is 13.1. The number of fused-ring (bicyclic) bond motifs is 1. The van der Waals surface area contributed by atoms with Gasteiger partial charge in [0.25, 0.3) is 5.91 Å². The average molecular weight is 411 g/mol. The molecule has 0 spiro atoms. The molecule has 0 aliphatic rings. The Labute approximate surface area is 175 Å². The Balaban J connectivity index is 1.53. The van der Waals surface area contributed by atoms with Gasteiger partial charge in [0.05, 0.1) is 21.6 Å². The van der Waals surface area contributed by atoms with Crippen LogP contribution in [0.2, 0.25) is 0 Å². The van der Waals surface area contributed by atoms with Crippen LogP contribution in [0.5, 0.6) is 0 Å². The molecule has 1 amide bonds. The van der Waals surface area contributed by atoms with Gasteiger partial charge in [-0.05, 0) is 43.0 Å². The van der Waals surface area contributed by atoms with Gasteiger partial charge in [-0.2, -0.15) is 0 Å². The standard InChI is InChI=1S/C23H26N2O3S/c1-4-15(2)17-9-5-6-10-18(17)25-23(27)16(3)28-22(26)14-13-21-24-19-11-7-8-12-20(19)29-21/h5-12,15-16H,4,13-14H2,1-3H3,(H,25,27)/t15-,16-/m1/s1. The fourth-order valence-electron chi connectivity index (χ4n) is 3.04. The van der Waals surface area contributed by atoms with Gasteiger partial charge in [-0.15, -0.1) is 11.3 Å². The van der Waals surface area contributed by atoms with Crippen LogP contribution in [0.15, 0.2) is 48.5 Å². The molecule has 0 radical (unpaired) electrons. The molecule has 2 aromatic carbocycles. The fourth-order valence-corrected chi connectivity index (χ4v) is 4.01. The molecule has 3 rings (SSSR count). The predicted molar refractivity (Wildman–Crippen MR) is 117 cm³/mol. The lowest BCUT2D eigenvalue weighted by atomic mass is 9.97. The van der Waals surface area contributed by atoms with E-state index < -0.39 is 12.1 Å². The molecular formula is C23H26N2O3S. The van der Waals surface area contributed by atoms with Crippen molar-refractivity contribution in [2.75, 3.05) is 5.32 Å². The minimum atomic E-state index is -0.858.